The zero-order valence-electron chi connectivity index (χ0n) is 13.8. The number of likely N-dealkylation sites (tertiary alicyclic amines) is 1. The Bertz CT molecular complexity index is 525. The molecule has 1 aliphatic carbocycles. The van der Waals surface area contributed by atoms with Crippen LogP contribution in [0.3, 0.4) is 0 Å². The molecule has 0 radical (unpaired) electrons. The molecule has 0 aromatic carbocycles. The first-order chi connectivity index (χ1) is 10.7. The molecule has 0 atom stereocenters. The Morgan fingerprint density at radius 1 is 1.35 bits per heavy atom. The lowest BCUT2D eigenvalue weighted by molar-refractivity contribution is 0.114. The summed E-state index contributed by atoms with van der Waals surface area (Å²) in [5.41, 5.74) is 7.22. The van der Waals surface area contributed by atoms with Gasteiger partial charge in [0.25, 0.3) is 0 Å². The van der Waals surface area contributed by atoms with E-state index in [1.54, 1.807) is 6.20 Å². The number of aromatic nitrogens is 1. The molecule has 0 amide bonds. The van der Waals surface area contributed by atoms with Gasteiger partial charge >= 0.3 is 0 Å². The van der Waals surface area contributed by atoms with Crippen LogP contribution < -0.4 is 10.5 Å². The normalized spacial score (nSPS) is 19.9. The van der Waals surface area contributed by atoms with Gasteiger partial charge in [-0.1, -0.05) is 6.92 Å². The molecule has 0 spiro atoms. The molecule has 0 unspecified atom stereocenters. The average Bonchev–Trinajstić information content (AvgIpc) is 2.50. The predicted molar refractivity (Wildman–Crippen MR) is 103 cm³/mol. The Hall–Kier alpha value is -1.05. The number of halogens is 1. The lowest BCUT2D eigenvalue weighted by Gasteiger charge is -2.31. The Morgan fingerprint density at radius 2 is 2.09 bits per heavy atom. The third-order valence-electron chi connectivity index (χ3n) is 4.67. The van der Waals surface area contributed by atoms with Gasteiger partial charge in [0.2, 0.25) is 5.88 Å². The summed E-state index contributed by atoms with van der Waals surface area (Å²) in [5, 5.41) is 0. The van der Waals surface area contributed by atoms with E-state index < -0.39 is 0 Å². The molecular formula is C17H27IN4O. The maximum atomic E-state index is 6.12. The number of guanidine groups is 1. The number of hydrogen-bond acceptors (Lipinski definition) is 3. The van der Waals surface area contributed by atoms with E-state index in [1.807, 2.05) is 12.1 Å². The first-order valence-corrected chi connectivity index (χ1v) is 8.37. The molecule has 2 heterocycles. The standard InChI is InChI=1S/C17H26N4O.HI/c1-13-6-9-21(10-7-13)17(18)20-12-14-5-8-19-16(11-14)22-15-3-2-4-15;/h5,8,11,13,15H,2-4,6-7,9-10,12H2,1H3,(H2,18,20);1H. The lowest BCUT2D eigenvalue weighted by atomic mass is 9.96. The highest BCUT2D eigenvalue weighted by Crippen LogP contribution is 2.24. The quantitative estimate of drug-likeness (QED) is 0.453. The number of pyridine rings is 1. The second kappa shape index (κ2) is 8.70. The fraction of sp³-hybridized carbons (Fsp3) is 0.647. The summed E-state index contributed by atoms with van der Waals surface area (Å²) >= 11 is 0. The topological polar surface area (TPSA) is 63.7 Å². The van der Waals surface area contributed by atoms with Gasteiger partial charge in [0, 0.05) is 25.4 Å². The molecule has 1 aromatic rings. The maximum absolute atomic E-state index is 6.12. The first kappa shape index (κ1) is 18.3. The smallest absolute Gasteiger partial charge is 0.213 e. The Kier molecular flexibility index (Phi) is 6.92. The summed E-state index contributed by atoms with van der Waals surface area (Å²) in [5.74, 6) is 2.17. The number of nitrogens with two attached hydrogens (primary N) is 1. The Labute approximate surface area is 155 Å². The van der Waals surface area contributed by atoms with Gasteiger partial charge < -0.3 is 15.4 Å². The van der Waals surface area contributed by atoms with Gasteiger partial charge in [0.05, 0.1) is 6.54 Å². The van der Waals surface area contributed by atoms with Crippen molar-refractivity contribution in [2.45, 2.75) is 51.7 Å². The fourth-order valence-electron chi connectivity index (χ4n) is 2.78. The lowest BCUT2D eigenvalue weighted by Crippen LogP contribution is -2.42. The van der Waals surface area contributed by atoms with Crippen LogP contribution in [-0.4, -0.2) is 35.0 Å². The molecule has 1 saturated heterocycles. The minimum Gasteiger partial charge on any atom is -0.474 e. The molecule has 2 aliphatic rings. The van der Waals surface area contributed by atoms with E-state index in [1.165, 1.54) is 19.3 Å². The Morgan fingerprint density at radius 3 is 2.74 bits per heavy atom. The second-order valence-electron chi connectivity index (χ2n) is 6.52. The monoisotopic (exact) mass is 430 g/mol. The summed E-state index contributed by atoms with van der Waals surface area (Å²) in [6, 6.07) is 3.95. The van der Waals surface area contributed by atoms with Crippen LogP contribution in [-0.2, 0) is 6.54 Å². The number of ether oxygens (including phenoxy) is 1. The van der Waals surface area contributed by atoms with Crippen LogP contribution in [0, 0.1) is 5.92 Å². The largest absolute Gasteiger partial charge is 0.474 e. The van der Waals surface area contributed by atoms with Crippen molar-refractivity contribution < 1.29 is 4.74 Å². The van der Waals surface area contributed by atoms with Gasteiger partial charge in [-0.15, -0.1) is 24.0 Å². The molecule has 1 saturated carbocycles. The maximum Gasteiger partial charge on any atom is 0.213 e. The van der Waals surface area contributed by atoms with E-state index in [0.717, 1.165) is 37.4 Å². The van der Waals surface area contributed by atoms with E-state index >= 15 is 0 Å². The predicted octanol–water partition coefficient (Wildman–Crippen LogP) is 3.18. The molecule has 2 fully saturated rings. The molecule has 0 bridgehead atoms. The molecule has 1 aliphatic heterocycles. The number of hydrogen-bond donors (Lipinski definition) is 1. The van der Waals surface area contributed by atoms with Crippen LogP contribution in [0.15, 0.2) is 23.3 Å². The number of aliphatic imine (C=N–C) groups is 1. The minimum atomic E-state index is 0. The van der Waals surface area contributed by atoms with Crippen LogP contribution >= 0.6 is 24.0 Å². The molecule has 5 nitrogen and oxygen atoms in total. The highest BCUT2D eigenvalue weighted by molar-refractivity contribution is 14.0. The third-order valence-corrected chi connectivity index (χ3v) is 4.67. The van der Waals surface area contributed by atoms with Crippen molar-refractivity contribution in [1.82, 2.24) is 9.88 Å². The molecule has 23 heavy (non-hydrogen) atoms. The van der Waals surface area contributed by atoms with E-state index in [9.17, 15) is 0 Å². The average molecular weight is 430 g/mol. The zero-order chi connectivity index (χ0) is 15.4. The van der Waals surface area contributed by atoms with Crippen LogP contribution in [0.1, 0.15) is 44.6 Å². The van der Waals surface area contributed by atoms with Gasteiger partial charge in [-0.05, 0) is 49.7 Å². The van der Waals surface area contributed by atoms with Crippen LogP contribution in [0.25, 0.3) is 0 Å². The summed E-state index contributed by atoms with van der Waals surface area (Å²) in [4.78, 5) is 11.0. The van der Waals surface area contributed by atoms with Crippen LogP contribution in [0.4, 0.5) is 0 Å². The van der Waals surface area contributed by atoms with E-state index in [4.69, 9.17) is 10.5 Å². The van der Waals surface area contributed by atoms with E-state index in [0.29, 0.717) is 24.5 Å². The highest BCUT2D eigenvalue weighted by Gasteiger charge is 2.19. The minimum absolute atomic E-state index is 0. The summed E-state index contributed by atoms with van der Waals surface area (Å²) in [6.45, 7) is 4.92. The van der Waals surface area contributed by atoms with Gasteiger partial charge in [-0.2, -0.15) is 0 Å². The van der Waals surface area contributed by atoms with Crippen LogP contribution in [0.2, 0.25) is 0 Å². The summed E-state index contributed by atoms with van der Waals surface area (Å²) in [7, 11) is 0. The first-order valence-electron chi connectivity index (χ1n) is 8.37. The molecule has 3 rings (SSSR count). The Balaban J connectivity index is 0.00000192. The third kappa shape index (κ3) is 5.22. The zero-order valence-corrected chi connectivity index (χ0v) is 16.1. The van der Waals surface area contributed by atoms with Crippen molar-refractivity contribution in [1.29, 1.82) is 0 Å². The summed E-state index contributed by atoms with van der Waals surface area (Å²) < 4.78 is 5.82. The molecule has 6 heteroatoms. The van der Waals surface area contributed by atoms with Gasteiger partial charge in [0.15, 0.2) is 5.96 Å². The molecule has 1 aromatic heterocycles. The number of piperidine rings is 1. The van der Waals surface area contributed by atoms with Crippen LogP contribution in [0.5, 0.6) is 5.88 Å². The van der Waals surface area contributed by atoms with Crippen molar-refractivity contribution in [2.75, 3.05) is 13.1 Å². The second-order valence-corrected chi connectivity index (χ2v) is 6.52. The van der Waals surface area contributed by atoms with Gasteiger partial charge in [-0.25, -0.2) is 9.98 Å². The SMILES string of the molecule is CC1CCN(C(N)=NCc2ccnc(OC3CCC3)c2)CC1.I. The fourth-order valence-corrected chi connectivity index (χ4v) is 2.78. The molecule has 2 N–H and O–H groups in total. The van der Waals surface area contributed by atoms with Crippen molar-refractivity contribution >= 4 is 29.9 Å². The van der Waals surface area contributed by atoms with Crippen molar-refractivity contribution in [3.8, 4) is 5.88 Å². The van der Waals surface area contributed by atoms with Gasteiger partial charge in [0.1, 0.15) is 6.10 Å². The van der Waals surface area contributed by atoms with E-state index in [-0.39, 0.29) is 24.0 Å². The summed E-state index contributed by atoms with van der Waals surface area (Å²) in [6.07, 6.45) is 8.09. The van der Waals surface area contributed by atoms with Gasteiger partial charge in [-0.3, -0.25) is 0 Å². The highest BCUT2D eigenvalue weighted by atomic mass is 127. The number of rotatable bonds is 4. The van der Waals surface area contributed by atoms with Crippen molar-refractivity contribution in [3.05, 3.63) is 23.9 Å². The van der Waals surface area contributed by atoms with E-state index in [2.05, 4.69) is 21.8 Å². The number of nitrogens with zero attached hydrogens (tertiary/aromatic N) is 3. The van der Waals surface area contributed by atoms with Crippen molar-refractivity contribution in [2.24, 2.45) is 16.6 Å². The molecular weight excluding hydrogens is 403 g/mol. The molecule has 128 valence electrons. The van der Waals surface area contributed by atoms with Crippen molar-refractivity contribution in [3.63, 3.8) is 0 Å².